The van der Waals surface area contributed by atoms with Gasteiger partial charge >= 0.3 is 6.03 Å². The van der Waals surface area contributed by atoms with E-state index in [1.807, 2.05) is 13.0 Å². The number of carbonyl (C=O) groups excluding carboxylic acids is 1. The normalized spacial score (nSPS) is 18.9. The summed E-state index contributed by atoms with van der Waals surface area (Å²) in [5.74, 6) is 0.760. The van der Waals surface area contributed by atoms with E-state index in [0.717, 1.165) is 42.4 Å². The van der Waals surface area contributed by atoms with Crippen LogP contribution in [0.2, 0.25) is 0 Å². The molecule has 178 valence electrons. The third-order valence-corrected chi connectivity index (χ3v) is 8.27. The van der Waals surface area contributed by atoms with Crippen LogP contribution in [0.4, 0.5) is 4.79 Å². The molecule has 3 aromatic heterocycles. The van der Waals surface area contributed by atoms with Crippen molar-refractivity contribution in [3.8, 4) is 0 Å². The molecule has 1 aromatic carbocycles. The Hall–Kier alpha value is -3.40. The lowest BCUT2D eigenvalue weighted by molar-refractivity contribution is 0.205. The van der Waals surface area contributed by atoms with Crippen molar-refractivity contribution in [3.05, 3.63) is 48.4 Å². The first-order chi connectivity index (χ1) is 16.3. The number of aromatic nitrogens is 4. The number of H-pyrrole nitrogens is 1. The molecule has 4 aromatic rings. The second-order valence-electron chi connectivity index (χ2n) is 9.05. The summed E-state index contributed by atoms with van der Waals surface area (Å²) in [6.07, 6.45) is 5.19. The number of hydrogen-bond acceptors (Lipinski definition) is 5. The van der Waals surface area contributed by atoms with E-state index in [1.165, 1.54) is 0 Å². The van der Waals surface area contributed by atoms with E-state index in [1.54, 1.807) is 55.5 Å². The number of aryl methyl sites for hydroxylation is 1. The molecule has 34 heavy (non-hydrogen) atoms. The van der Waals surface area contributed by atoms with Crippen molar-refractivity contribution in [1.29, 1.82) is 0 Å². The lowest BCUT2D eigenvalue weighted by atomic mass is 9.90. The predicted octanol–water partition coefficient (Wildman–Crippen LogP) is 3.81. The van der Waals surface area contributed by atoms with Gasteiger partial charge in [-0.05, 0) is 50.8 Å². The quantitative estimate of drug-likeness (QED) is 0.461. The van der Waals surface area contributed by atoms with Gasteiger partial charge in [0.2, 0.25) is 9.84 Å². The molecule has 0 unspecified atom stereocenters. The average molecular weight is 481 g/mol. The summed E-state index contributed by atoms with van der Waals surface area (Å²) >= 11 is 0. The van der Waals surface area contributed by atoms with Crippen LogP contribution in [0, 0.1) is 6.92 Å². The van der Waals surface area contributed by atoms with Crippen molar-refractivity contribution < 1.29 is 13.2 Å². The minimum Gasteiger partial charge on any atom is -0.346 e. The molecule has 2 amide bonds. The van der Waals surface area contributed by atoms with Crippen LogP contribution in [0.5, 0.6) is 0 Å². The molecule has 1 aliphatic rings. The van der Waals surface area contributed by atoms with Crippen LogP contribution in [0.1, 0.15) is 37.5 Å². The van der Waals surface area contributed by atoms with Crippen molar-refractivity contribution in [1.82, 2.24) is 29.7 Å². The number of carbonyl (C=O) groups is 1. The lowest BCUT2D eigenvalue weighted by Crippen LogP contribution is -2.43. The summed E-state index contributed by atoms with van der Waals surface area (Å²) < 4.78 is 29.2. The average Bonchev–Trinajstić information content (AvgIpc) is 3.43. The highest BCUT2D eigenvalue weighted by Gasteiger charge is 2.31. The smallest absolute Gasteiger partial charge is 0.317 e. The van der Waals surface area contributed by atoms with Crippen LogP contribution < -0.4 is 5.32 Å². The third kappa shape index (κ3) is 3.71. The molecule has 1 aliphatic carbocycles. The standard InChI is InChI=1S/C24H28N6O3S/c1-15-26-20-21(30(15)17-11-9-16(10-12-17)27-24(31)29(2)3)19-13-14-25-22(19)28-23(20)34(32,33)18-7-5-4-6-8-18/h4-8,13-14,16-17H,9-12H2,1-3H3,(H,25,28)(H,27,31). The maximum absolute atomic E-state index is 13.5. The van der Waals surface area contributed by atoms with E-state index in [-0.39, 0.29) is 28.0 Å². The van der Waals surface area contributed by atoms with E-state index in [9.17, 15) is 13.2 Å². The summed E-state index contributed by atoms with van der Waals surface area (Å²) in [5, 5.41) is 3.90. The van der Waals surface area contributed by atoms with Crippen molar-refractivity contribution in [2.45, 2.75) is 54.6 Å². The number of nitrogens with one attached hydrogen (secondary N) is 2. The summed E-state index contributed by atoms with van der Waals surface area (Å²) in [7, 11) is -0.388. The molecule has 9 nitrogen and oxygen atoms in total. The van der Waals surface area contributed by atoms with Crippen molar-refractivity contribution >= 4 is 37.9 Å². The fraction of sp³-hybridized carbons (Fsp3) is 0.375. The van der Waals surface area contributed by atoms with Gasteiger partial charge in [-0.2, -0.15) is 0 Å². The molecule has 5 rings (SSSR count). The van der Waals surface area contributed by atoms with Crippen LogP contribution in [0.15, 0.2) is 52.5 Å². The topological polar surface area (TPSA) is 113 Å². The molecular formula is C24H28N6O3S. The molecule has 0 spiro atoms. The van der Waals surface area contributed by atoms with Gasteiger partial charge in [-0.15, -0.1) is 0 Å². The monoisotopic (exact) mass is 480 g/mol. The molecular weight excluding hydrogens is 452 g/mol. The van der Waals surface area contributed by atoms with E-state index in [4.69, 9.17) is 4.98 Å². The van der Waals surface area contributed by atoms with E-state index in [0.29, 0.717) is 11.2 Å². The summed E-state index contributed by atoms with van der Waals surface area (Å²) in [6, 6.07) is 10.5. The summed E-state index contributed by atoms with van der Waals surface area (Å²) in [4.78, 5) is 26.1. The zero-order valence-electron chi connectivity index (χ0n) is 19.4. The first-order valence-corrected chi connectivity index (χ1v) is 12.9. The van der Waals surface area contributed by atoms with Gasteiger partial charge in [-0.25, -0.2) is 23.2 Å². The maximum atomic E-state index is 13.5. The highest BCUT2D eigenvalue weighted by Crippen LogP contribution is 2.37. The number of rotatable bonds is 4. The van der Waals surface area contributed by atoms with Gasteiger partial charge in [0, 0.05) is 37.8 Å². The first kappa shape index (κ1) is 22.4. The molecule has 0 radical (unpaired) electrons. The number of hydrogen-bond donors (Lipinski definition) is 2. The van der Waals surface area contributed by atoms with Gasteiger partial charge in [-0.3, -0.25) is 0 Å². The lowest BCUT2D eigenvalue weighted by Gasteiger charge is -2.31. The third-order valence-electron chi connectivity index (χ3n) is 6.59. The van der Waals surface area contributed by atoms with Crippen molar-refractivity contribution in [2.24, 2.45) is 0 Å². The minimum atomic E-state index is -3.86. The highest BCUT2D eigenvalue weighted by atomic mass is 32.2. The predicted molar refractivity (Wildman–Crippen MR) is 130 cm³/mol. The number of aromatic amines is 1. The fourth-order valence-electron chi connectivity index (χ4n) is 4.88. The number of nitrogens with zero attached hydrogens (tertiary/aromatic N) is 4. The van der Waals surface area contributed by atoms with Gasteiger partial charge in [0.15, 0.2) is 5.03 Å². The fourth-order valence-corrected chi connectivity index (χ4v) is 6.22. The summed E-state index contributed by atoms with van der Waals surface area (Å²) in [6.45, 7) is 1.91. The number of amides is 2. The SMILES string of the molecule is Cc1nc2c(S(=O)(=O)c3ccccc3)nc3[nH]ccc3c2n1C1CCC(NC(=O)N(C)C)CC1. The van der Waals surface area contributed by atoms with Crippen molar-refractivity contribution in [2.75, 3.05) is 14.1 Å². The molecule has 0 atom stereocenters. The van der Waals surface area contributed by atoms with E-state index in [2.05, 4.69) is 19.9 Å². The largest absolute Gasteiger partial charge is 0.346 e. The van der Waals surface area contributed by atoms with Crippen LogP contribution >= 0.6 is 0 Å². The Kier molecular flexibility index (Phi) is 5.55. The number of imidazole rings is 1. The van der Waals surface area contributed by atoms with Gasteiger partial charge in [-0.1, -0.05) is 18.2 Å². The molecule has 3 heterocycles. The molecule has 1 saturated carbocycles. The minimum absolute atomic E-state index is 0.0302. The van der Waals surface area contributed by atoms with Crippen LogP contribution in [-0.2, 0) is 9.84 Å². The van der Waals surface area contributed by atoms with Gasteiger partial charge in [0.1, 0.15) is 17.0 Å². The Morgan fingerprint density at radius 1 is 1.09 bits per heavy atom. The molecule has 0 bridgehead atoms. The molecule has 10 heteroatoms. The van der Waals surface area contributed by atoms with Gasteiger partial charge in [0.25, 0.3) is 0 Å². The number of benzene rings is 1. The van der Waals surface area contributed by atoms with Crippen LogP contribution in [0.25, 0.3) is 22.1 Å². The van der Waals surface area contributed by atoms with Gasteiger partial charge in [0.05, 0.1) is 10.4 Å². The van der Waals surface area contributed by atoms with E-state index < -0.39 is 9.84 Å². The first-order valence-electron chi connectivity index (χ1n) is 11.4. The Morgan fingerprint density at radius 3 is 2.47 bits per heavy atom. The molecule has 2 N–H and O–H groups in total. The van der Waals surface area contributed by atoms with Crippen LogP contribution in [-0.4, -0.2) is 59.0 Å². The number of fused-ring (bicyclic) bond motifs is 3. The number of urea groups is 1. The number of pyridine rings is 1. The van der Waals surface area contributed by atoms with Crippen molar-refractivity contribution in [3.63, 3.8) is 0 Å². The molecule has 0 saturated heterocycles. The second-order valence-corrected chi connectivity index (χ2v) is 10.9. The Morgan fingerprint density at radius 2 is 1.79 bits per heavy atom. The zero-order chi connectivity index (χ0) is 24.0. The Bertz CT molecular complexity index is 1460. The highest BCUT2D eigenvalue weighted by molar-refractivity contribution is 7.91. The summed E-state index contributed by atoms with van der Waals surface area (Å²) in [5.41, 5.74) is 1.71. The zero-order valence-corrected chi connectivity index (χ0v) is 20.3. The number of sulfone groups is 1. The second kappa shape index (κ2) is 8.43. The van der Waals surface area contributed by atoms with Gasteiger partial charge < -0.3 is 19.8 Å². The van der Waals surface area contributed by atoms with Crippen LogP contribution in [0.3, 0.4) is 0 Å². The molecule has 1 fully saturated rings. The Balaban J connectivity index is 1.58. The Labute approximate surface area is 198 Å². The maximum Gasteiger partial charge on any atom is 0.317 e. The van der Waals surface area contributed by atoms with E-state index >= 15 is 0 Å². The molecule has 0 aliphatic heterocycles.